The average Bonchev–Trinajstić information content (AvgIpc) is 2.77. The van der Waals surface area contributed by atoms with Crippen molar-refractivity contribution in [1.29, 1.82) is 0 Å². The molecular weight excluding hydrogens is 248 g/mol. The van der Waals surface area contributed by atoms with E-state index in [9.17, 15) is 14.9 Å². The predicted octanol–water partition coefficient (Wildman–Crippen LogP) is 0.743. The maximum Gasteiger partial charge on any atom is 0.287 e. The average molecular weight is 266 g/mol. The maximum absolute atomic E-state index is 12.0. The van der Waals surface area contributed by atoms with Gasteiger partial charge in [0.1, 0.15) is 0 Å². The van der Waals surface area contributed by atoms with Gasteiger partial charge in [-0.3, -0.25) is 19.8 Å². The van der Waals surface area contributed by atoms with Crippen molar-refractivity contribution in [1.82, 2.24) is 14.8 Å². The number of nitro groups is 1. The molecule has 0 atom stereocenters. The van der Waals surface area contributed by atoms with Crippen LogP contribution >= 0.6 is 0 Å². The molecule has 0 amide bonds. The van der Waals surface area contributed by atoms with E-state index in [1.165, 1.54) is 12.3 Å². The Labute approximate surface area is 111 Å². The van der Waals surface area contributed by atoms with Gasteiger partial charge in [-0.15, -0.1) is 0 Å². The maximum atomic E-state index is 12.0. The largest absolute Gasteiger partial charge is 0.353 e. The van der Waals surface area contributed by atoms with E-state index in [-0.39, 0.29) is 11.5 Å². The molecule has 1 aromatic heterocycles. The molecule has 2 rings (SSSR count). The molecule has 1 aliphatic rings. The summed E-state index contributed by atoms with van der Waals surface area (Å²) in [7, 11) is 2.07. The van der Waals surface area contributed by atoms with Crippen LogP contribution in [0.15, 0.2) is 12.3 Å². The summed E-state index contributed by atoms with van der Waals surface area (Å²) in [6.07, 6.45) is 2.29. The minimum absolute atomic E-state index is 0.0704. The zero-order valence-electron chi connectivity index (χ0n) is 11.0. The van der Waals surface area contributed by atoms with Gasteiger partial charge in [-0.25, -0.2) is 0 Å². The fraction of sp³-hybridized carbons (Fsp3) is 0.583. The Hall–Kier alpha value is -1.73. The number of hydrogen-bond acceptors (Lipinski definition) is 5. The van der Waals surface area contributed by atoms with Gasteiger partial charge in [-0.2, -0.15) is 0 Å². The van der Waals surface area contributed by atoms with Crippen molar-refractivity contribution in [3.8, 4) is 0 Å². The number of Topliss-reactive ketones (excluding diaryl/α,β-unsaturated/α-hetero) is 1. The summed E-state index contributed by atoms with van der Waals surface area (Å²) in [6, 6.07) is 1.30. The van der Waals surface area contributed by atoms with Crippen molar-refractivity contribution in [3.05, 3.63) is 28.1 Å². The molecule has 0 unspecified atom stereocenters. The number of ketones is 1. The van der Waals surface area contributed by atoms with Crippen LogP contribution in [0.4, 0.5) is 5.69 Å². The van der Waals surface area contributed by atoms with Crippen LogP contribution in [-0.4, -0.2) is 65.3 Å². The molecule has 2 heterocycles. The molecule has 1 fully saturated rings. The lowest BCUT2D eigenvalue weighted by Crippen LogP contribution is -2.33. The number of carbonyl (C=O) groups is 1. The van der Waals surface area contributed by atoms with Crippen molar-refractivity contribution >= 4 is 11.5 Å². The smallest absolute Gasteiger partial charge is 0.287 e. The van der Waals surface area contributed by atoms with Crippen LogP contribution in [0.3, 0.4) is 0 Å². The molecule has 0 aromatic carbocycles. The predicted molar refractivity (Wildman–Crippen MR) is 70.3 cm³/mol. The van der Waals surface area contributed by atoms with Crippen molar-refractivity contribution in [2.75, 3.05) is 39.8 Å². The number of nitrogens with one attached hydrogen (secondary N) is 1. The van der Waals surface area contributed by atoms with E-state index in [0.717, 1.165) is 32.6 Å². The first-order chi connectivity index (χ1) is 9.06. The summed E-state index contributed by atoms with van der Waals surface area (Å²) in [5, 5.41) is 10.6. The third-order valence-electron chi connectivity index (χ3n) is 3.36. The summed E-state index contributed by atoms with van der Waals surface area (Å²) in [4.78, 5) is 29.1. The topological polar surface area (TPSA) is 82.5 Å². The van der Waals surface area contributed by atoms with E-state index < -0.39 is 4.92 Å². The van der Waals surface area contributed by atoms with E-state index in [1.807, 2.05) is 0 Å². The highest BCUT2D eigenvalue weighted by Crippen LogP contribution is 2.13. The van der Waals surface area contributed by atoms with E-state index >= 15 is 0 Å². The van der Waals surface area contributed by atoms with Gasteiger partial charge < -0.3 is 9.88 Å². The van der Waals surface area contributed by atoms with Crippen LogP contribution in [0.5, 0.6) is 0 Å². The lowest BCUT2D eigenvalue weighted by Gasteiger charge is -2.18. The SMILES string of the molecule is CN1CCCN(CC(=O)c2cc([N+](=O)[O-])c[nH]2)CC1. The summed E-state index contributed by atoms with van der Waals surface area (Å²) >= 11 is 0. The second-order valence-electron chi connectivity index (χ2n) is 4.88. The molecule has 0 bridgehead atoms. The number of rotatable bonds is 4. The molecule has 1 N–H and O–H groups in total. The van der Waals surface area contributed by atoms with Gasteiger partial charge in [-0.05, 0) is 26.6 Å². The Morgan fingerprint density at radius 1 is 1.42 bits per heavy atom. The van der Waals surface area contributed by atoms with Gasteiger partial charge in [0.25, 0.3) is 5.69 Å². The monoisotopic (exact) mass is 266 g/mol. The molecule has 0 radical (unpaired) electrons. The van der Waals surface area contributed by atoms with Crippen LogP contribution in [0.25, 0.3) is 0 Å². The standard InChI is InChI=1S/C12H18N4O3/c1-14-3-2-4-15(6-5-14)9-12(17)11-7-10(8-13-11)16(18)19/h7-8,13H,2-6,9H2,1H3. The van der Waals surface area contributed by atoms with Gasteiger partial charge in [-0.1, -0.05) is 0 Å². The van der Waals surface area contributed by atoms with E-state index in [1.54, 1.807) is 0 Å². The normalized spacial score (nSPS) is 18.2. The molecule has 1 aliphatic heterocycles. The van der Waals surface area contributed by atoms with Gasteiger partial charge in [0.05, 0.1) is 23.4 Å². The summed E-state index contributed by atoms with van der Waals surface area (Å²) in [6.45, 7) is 4.03. The van der Waals surface area contributed by atoms with Crippen LogP contribution in [0.1, 0.15) is 16.9 Å². The molecule has 104 valence electrons. The number of nitrogens with zero attached hydrogens (tertiary/aromatic N) is 3. The third-order valence-corrected chi connectivity index (χ3v) is 3.36. The Morgan fingerprint density at radius 3 is 2.89 bits per heavy atom. The molecule has 1 saturated heterocycles. The Bertz CT molecular complexity index is 471. The highest BCUT2D eigenvalue weighted by molar-refractivity contribution is 5.96. The first kappa shape index (κ1) is 13.7. The van der Waals surface area contributed by atoms with Crippen molar-refractivity contribution in [2.45, 2.75) is 6.42 Å². The number of aromatic amines is 1. The lowest BCUT2D eigenvalue weighted by atomic mass is 10.2. The van der Waals surface area contributed by atoms with Crippen molar-refractivity contribution in [3.63, 3.8) is 0 Å². The zero-order valence-corrected chi connectivity index (χ0v) is 11.0. The van der Waals surface area contributed by atoms with Crippen LogP contribution in [-0.2, 0) is 0 Å². The summed E-state index contributed by atoms with van der Waals surface area (Å²) in [5.41, 5.74) is 0.239. The van der Waals surface area contributed by atoms with Crippen LogP contribution in [0, 0.1) is 10.1 Å². The van der Waals surface area contributed by atoms with Gasteiger partial charge >= 0.3 is 0 Å². The van der Waals surface area contributed by atoms with Crippen LogP contribution in [0.2, 0.25) is 0 Å². The number of hydrogen-bond donors (Lipinski definition) is 1. The van der Waals surface area contributed by atoms with Gasteiger partial charge in [0.2, 0.25) is 0 Å². The van der Waals surface area contributed by atoms with Crippen LogP contribution < -0.4 is 0 Å². The number of H-pyrrole nitrogens is 1. The van der Waals surface area contributed by atoms with E-state index in [0.29, 0.717) is 12.2 Å². The molecule has 0 aliphatic carbocycles. The molecule has 7 heteroatoms. The first-order valence-corrected chi connectivity index (χ1v) is 6.33. The minimum atomic E-state index is -0.506. The van der Waals surface area contributed by atoms with Crippen molar-refractivity contribution in [2.24, 2.45) is 0 Å². The Kier molecular flexibility index (Phi) is 4.28. The molecule has 1 aromatic rings. The fourth-order valence-electron chi connectivity index (χ4n) is 2.20. The first-order valence-electron chi connectivity index (χ1n) is 6.33. The second-order valence-corrected chi connectivity index (χ2v) is 4.88. The zero-order chi connectivity index (χ0) is 13.8. The summed E-state index contributed by atoms with van der Waals surface area (Å²) in [5.74, 6) is -0.0994. The number of aromatic nitrogens is 1. The number of likely N-dealkylation sites (N-methyl/N-ethyl adjacent to an activating group) is 1. The molecule has 7 nitrogen and oxygen atoms in total. The highest BCUT2D eigenvalue weighted by Gasteiger charge is 2.19. The lowest BCUT2D eigenvalue weighted by molar-refractivity contribution is -0.384. The second kappa shape index (κ2) is 5.94. The molecule has 0 spiro atoms. The molecular formula is C12H18N4O3. The Morgan fingerprint density at radius 2 is 2.21 bits per heavy atom. The summed E-state index contributed by atoms with van der Waals surface area (Å²) < 4.78 is 0. The van der Waals surface area contributed by atoms with Crippen molar-refractivity contribution < 1.29 is 9.72 Å². The third kappa shape index (κ3) is 3.62. The number of carbonyl (C=O) groups excluding carboxylic acids is 1. The molecule has 19 heavy (non-hydrogen) atoms. The fourth-order valence-corrected chi connectivity index (χ4v) is 2.20. The highest BCUT2D eigenvalue weighted by atomic mass is 16.6. The van der Waals surface area contributed by atoms with Gasteiger partial charge in [0.15, 0.2) is 5.78 Å². The Balaban J connectivity index is 1.94. The van der Waals surface area contributed by atoms with Gasteiger partial charge in [0, 0.05) is 19.2 Å². The van der Waals surface area contributed by atoms with E-state index in [4.69, 9.17) is 0 Å². The quantitative estimate of drug-likeness (QED) is 0.494. The minimum Gasteiger partial charge on any atom is -0.353 e. The molecule has 0 saturated carbocycles. The van der Waals surface area contributed by atoms with E-state index in [2.05, 4.69) is 21.8 Å².